The molecule has 116 valence electrons. The van der Waals surface area contributed by atoms with Crippen LogP contribution in [0.1, 0.15) is 12.5 Å². The highest BCUT2D eigenvalue weighted by Crippen LogP contribution is 2.17. The summed E-state index contributed by atoms with van der Waals surface area (Å²) in [6.07, 6.45) is 0.886. The van der Waals surface area contributed by atoms with Crippen molar-refractivity contribution in [1.82, 2.24) is 5.32 Å². The first-order valence-corrected chi connectivity index (χ1v) is 7.20. The minimum atomic E-state index is -0.467. The number of ether oxygens (including phenoxy) is 1. The van der Waals surface area contributed by atoms with E-state index in [-0.39, 0.29) is 5.69 Å². The molecule has 0 atom stereocenters. The molecule has 0 unspecified atom stereocenters. The van der Waals surface area contributed by atoms with Gasteiger partial charge in [0.05, 0.1) is 12.2 Å². The van der Waals surface area contributed by atoms with Gasteiger partial charge in [0, 0.05) is 0 Å². The highest BCUT2D eigenvalue weighted by molar-refractivity contribution is 5.89. The second kappa shape index (κ2) is 8.02. The second-order valence-electron chi connectivity index (χ2n) is 4.67. The van der Waals surface area contributed by atoms with E-state index in [0.29, 0.717) is 13.2 Å². The van der Waals surface area contributed by atoms with Gasteiger partial charge in [0.1, 0.15) is 18.2 Å². The highest BCUT2D eigenvalue weighted by Gasteiger charge is 2.05. The summed E-state index contributed by atoms with van der Waals surface area (Å²) in [5, 5.41) is 5.08. The Balaban J connectivity index is 1.75. The lowest BCUT2D eigenvalue weighted by Crippen LogP contribution is -2.32. The molecule has 0 spiro atoms. The Hall–Kier alpha value is -2.56. The van der Waals surface area contributed by atoms with Crippen LogP contribution in [0.4, 0.5) is 14.9 Å². The molecular weight excluding hydrogens is 283 g/mol. The maximum atomic E-state index is 13.4. The number of benzene rings is 2. The number of rotatable bonds is 6. The molecule has 2 amide bonds. The topological polar surface area (TPSA) is 50.4 Å². The average Bonchev–Trinajstić information content (AvgIpc) is 2.54. The van der Waals surface area contributed by atoms with Crippen LogP contribution in [0.25, 0.3) is 0 Å². The lowest BCUT2D eigenvalue weighted by atomic mass is 10.1. The van der Waals surface area contributed by atoms with Gasteiger partial charge in [0.15, 0.2) is 0 Å². The maximum absolute atomic E-state index is 13.4. The number of amides is 2. The van der Waals surface area contributed by atoms with Gasteiger partial charge < -0.3 is 15.4 Å². The summed E-state index contributed by atoms with van der Waals surface area (Å²) in [6.45, 7) is 2.74. The molecule has 2 N–H and O–H groups in total. The number of urea groups is 1. The summed E-state index contributed by atoms with van der Waals surface area (Å²) in [7, 11) is 0. The normalized spacial score (nSPS) is 10.1. The third-order valence-electron chi connectivity index (χ3n) is 3.12. The number of halogens is 1. The van der Waals surface area contributed by atoms with Crippen molar-refractivity contribution in [3.05, 3.63) is 59.9 Å². The van der Waals surface area contributed by atoms with Crippen molar-refractivity contribution in [2.75, 3.05) is 18.5 Å². The molecular formula is C17H19FN2O2. The Morgan fingerprint density at radius 3 is 2.64 bits per heavy atom. The van der Waals surface area contributed by atoms with Crippen LogP contribution in [0, 0.1) is 5.82 Å². The maximum Gasteiger partial charge on any atom is 0.319 e. The van der Waals surface area contributed by atoms with Gasteiger partial charge in [-0.1, -0.05) is 37.3 Å². The standard InChI is InChI=1S/C17H19FN2O2/c1-2-13-7-3-6-10-16(13)22-12-11-19-17(21)20-15-9-5-4-8-14(15)18/h3-10H,2,11-12H2,1H3,(H2,19,20,21). The van der Waals surface area contributed by atoms with E-state index in [9.17, 15) is 9.18 Å². The first kappa shape index (κ1) is 15.8. The minimum absolute atomic E-state index is 0.150. The molecule has 2 aromatic carbocycles. The van der Waals surface area contributed by atoms with E-state index in [1.807, 2.05) is 24.3 Å². The lowest BCUT2D eigenvalue weighted by molar-refractivity contribution is 0.247. The molecule has 0 saturated heterocycles. The van der Waals surface area contributed by atoms with Crippen LogP contribution in [0.15, 0.2) is 48.5 Å². The first-order chi connectivity index (χ1) is 10.7. The van der Waals surface area contributed by atoms with E-state index in [1.54, 1.807) is 12.1 Å². The number of carbonyl (C=O) groups is 1. The van der Waals surface area contributed by atoms with Crippen LogP contribution in [0.2, 0.25) is 0 Å². The molecule has 0 aliphatic heterocycles. The molecule has 4 nitrogen and oxygen atoms in total. The average molecular weight is 302 g/mol. The van der Waals surface area contributed by atoms with Gasteiger partial charge in [-0.3, -0.25) is 0 Å². The molecule has 0 aliphatic rings. The second-order valence-corrected chi connectivity index (χ2v) is 4.67. The van der Waals surface area contributed by atoms with E-state index >= 15 is 0 Å². The zero-order valence-corrected chi connectivity index (χ0v) is 12.4. The molecule has 0 bridgehead atoms. The molecule has 0 saturated carbocycles. The van der Waals surface area contributed by atoms with Crippen molar-refractivity contribution in [2.45, 2.75) is 13.3 Å². The molecule has 0 heterocycles. The van der Waals surface area contributed by atoms with Crippen molar-refractivity contribution in [2.24, 2.45) is 0 Å². The van der Waals surface area contributed by atoms with Crippen LogP contribution >= 0.6 is 0 Å². The quantitative estimate of drug-likeness (QED) is 0.801. The number of hydrogen-bond donors (Lipinski definition) is 2. The lowest BCUT2D eigenvalue weighted by Gasteiger charge is -2.11. The van der Waals surface area contributed by atoms with Crippen LogP contribution in [0.3, 0.4) is 0 Å². The summed E-state index contributed by atoms with van der Waals surface area (Å²) >= 11 is 0. The van der Waals surface area contributed by atoms with Gasteiger partial charge in [-0.05, 0) is 30.2 Å². The molecule has 0 aliphatic carbocycles. The van der Waals surface area contributed by atoms with E-state index in [0.717, 1.165) is 17.7 Å². The number of aryl methyl sites for hydroxylation is 1. The Morgan fingerprint density at radius 2 is 1.86 bits per heavy atom. The van der Waals surface area contributed by atoms with E-state index in [4.69, 9.17) is 4.74 Å². The molecule has 2 rings (SSSR count). The number of anilines is 1. The third-order valence-corrected chi connectivity index (χ3v) is 3.12. The first-order valence-electron chi connectivity index (χ1n) is 7.20. The van der Waals surface area contributed by atoms with Crippen LogP contribution < -0.4 is 15.4 Å². The Morgan fingerprint density at radius 1 is 1.14 bits per heavy atom. The van der Waals surface area contributed by atoms with Crippen molar-refractivity contribution in [3.63, 3.8) is 0 Å². The van der Waals surface area contributed by atoms with Crippen molar-refractivity contribution in [1.29, 1.82) is 0 Å². The van der Waals surface area contributed by atoms with Gasteiger partial charge in [0.25, 0.3) is 0 Å². The largest absolute Gasteiger partial charge is 0.491 e. The van der Waals surface area contributed by atoms with Crippen LogP contribution in [-0.4, -0.2) is 19.2 Å². The monoisotopic (exact) mass is 302 g/mol. The van der Waals surface area contributed by atoms with Crippen LogP contribution in [-0.2, 0) is 6.42 Å². The minimum Gasteiger partial charge on any atom is -0.491 e. The Bertz CT molecular complexity index is 632. The smallest absolute Gasteiger partial charge is 0.319 e. The number of nitrogens with one attached hydrogen (secondary N) is 2. The van der Waals surface area contributed by atoms with Crippen LogP contribution in [0.5, 0.6) is 5.75 Å². The van der Waals surface area contributed by atoms with Gasteiger partial charge in [-0.2, -0.15) is 0 Å². The molecule has 0 fully saturated rings. The summed E-state index contributed by atoms with van der Waals surface area (Å²) in [5.41, 5.74) is 1.27. The number of para-hydroxylation sites is 2. The summed E-state index contributed by atoms with van der Waals surface area (Å²) in [6, 6.07) is 13.3. The number of hydrogen-bond acceptors (Lipinski definition) is 2. The van der Waals surface area contributed by atoms with Gasteiger partial charge in [-0.25, -0.2) is 9.18 Å². The molecule has 22 heavy (non-hydrogen) atoms. The predicted octanol–water partition coefficient (Wildman–Crippen LogP) is 3.59. The summed E-state index contributed by atoms with van der Waals surface area (Å²) in [5.74, 6) is 0.354. The summed E-state index contributed by atoms with van der Waals surface area (Å²) in [4.78, 5) is 11.7. The zero-order valence-electron chi connectivity index (χ0n) is 12.4. The fourth-order valence-corrected chi connectivity index (χ4v) is 1.99. The fourth-order valence-electron chi connectivity index (χ4n) is 1.99. The van der Waals surface area contributed by atoms with E-state index in [1.165, 1.54) is 12.1 Å². The van der Waals surface area contributed by atoms with Gasteiger partial charge in [-0.15, -0.1) is 0 Å². The van der Waals surface area contributed by atoms with Crippen molar-refractivity contribution >= 4 is 11.7 Å². The van der Waals surface area contributed by atoms with Gasteiger partial charge >= 0.3 is 6.03 Å². The third kappa shape index (κ3) is 4.48. The Kier molecular flexibility index (Phi) is 5.77. The van der Waals surface area contributed by atoms with Crippen molar-refractivity contribution < 1.29 is 13.9 Å². The number of carbonyl (C=O) groups excluding carboxylic acids is 1. The van der Waals surface area contributed by atoms with Gasteiger partial charge in [0.2, 0.25) is 0 Å². The molecule has 2 aromatic rings. The molecule has 5 heteroatoms. The summed E-state index contributed by atoms with van der Waals surface area (Å²) < 4.78 is 19.0. The van der Waals surface area contributed by atoms with E-state index < -0.39 is 11.8 Å². The zero-order chi connectivity index (χ0) is 15.8. The predicted molar refractivity (Wildman–Crippen MR) is 84.7 cm³/mol. The Labute approximate surface area is 129 Å². The fraction of sp³-hybridized carbons (Fsp3) is 0.235. The highest BCUT2D eigenvalue weighted by atomic mass is 19.1. The van der Waals surface area contributed by atoms with E-state index in [2.05, 4.69) is 17.6 Å². The molecule has 0 radical (unpaired) electrons. The van der Waals surface area contributed by atoms with Crippen molar-refractivity contribution in [3.8, 4) is 5.75 Å². The SMILES string of the molecule is CCc1ccccc1OCCNC(=O)Nc1ccccc1F. The molecule has 0 aromatic heterocycles.